The van der Waals surface area contributed by atoms with E-state index in [0.717, 1.165) is 19.6 Å². The number of carbonyl (C=O) groups is 1. The monoisotopic (exact) mass is 236 g/mol. The number of ether oxygens (including phenoxy) is 1. The number of nitrogens with two attached hydrogens (primary N) is 1. The molecule has 2 unspecified atom stereocenters. The molecule has 2 atom stereocenters. The van der Waals surface area contributed by atoms with Gasteiger partial charge in [-0.2, -0.15) is 0 Å². The highest BCUT2D eigenvalue weighted by Crippen LogP contribution is 2.09. The van der Waals surface area contributed by atoms with E-state index < -0.39 is 0 Å². The van der Waals surface area contributed by atoms with Crippen molar-refractivity contribution in [1.29, 1.82) is 0 Å². The summed E-state index contributed by atoms with van der Waals surface area (Å²) in [6.45, 7) is 6.54. The molecule has 0 aromatic rings. The number of carbonyl (C=O) groups excluding carboxylic acids is 1. The van der Waals surface area contributed by atoms with Crippen molar-refractivity contribution in [1.82, 2.24) is 4.90 Å². The second kappa shape index (κ2) is 7.04. The van der Waals surface area contributed by atoms with Crippen LogP contribution in [0.2, 0.25) is 0 Å². The van der Waals surface area contributed by atoms with Crippen LogP contribution in [0.5, 0.6) is 0 Å². The van der Waals surface area contributed by atoms with Crippen molar-refractivity contribution >= 4 is 18.3 Å². The number of hydrogen-bond donors (Lipinski definition) is 1. The van der Waals surface area contributed by atoms with Crippen molar-refractivity contribution in [3.8, 4) is 0 Å². The Hall–Kier alpha value is -0.320. The van der Waals surface area contributed by atoms with Crippen molar-refractivity contribution in [2.45, 2.75) is 26.4 Å². The molecule has 1 fully saturated rings. The van der Waals surface area contributed by atoms with E-state index in [-0.39, 0.29) is 30.3 Å². The molecule has 1 rings (SSSR count). The van der Waals surface area contributed by atoms with Gasteiger partial charge in [0, 0.05) is 32.2 Å². The molecule has 15 heavy (non-hydrogen) atoms. The van der Waals surface area contributed by atoms with Crippen LogP contribution in [0.3, 0.4) is 0 Å². The smallest absolute Gasteiger partial charge is 0.226 e. The van der Waals surface area contributed by atoms with E-state index in [1.54, 1.807) is 0 Å². The fourth-order valence-corrected chi connectivity index (χ4v) is 1.61. The summed E-state index contributed by atoms with van der Waals surface area (Å²) in [5, 5.41) is 0. The van der Waals surface area contributed by atoms with Gasteiger partial charge in [0.2, 0.25) is 5.91 Å². The van der Waals surface area contributed by atoms with Gasteiger partial charge in [-0.15, -0.1) is 12.4 Å². The van der Waals surface area contributed by atoms with E-state index in [0.29, 0.717) is 13.1 Å². The lowest BCUT2D eigenvalue weighted by Gasteiger charge is -2.24. The molecule has 5 heteroatoms. The molecular formula is C10H21ClN2O2. The van der Waals surface area contributed by atoms with Crippen LogP contribution in [0.15, 0.2) is 0 Å². The minimum atomic E-state index is -0.0692. The van der Waals surface area contributed by atoms with Crippen LogP contribution >= 0.6 is 12.4 Å². The maximum atomic E-state index is 11.8. The Labute approximate surface area is 97.5 Å². The highest BCUT2D eigenvalue weighted by Gasteiger charge is 2.22. The fourth-order valence-electron chi connectivity index (χ4n) is 1.61. The Morgan fingerprint density at radius 3 is 2.93 bits per heavy atom. The lowest BCUT2D eigenvalue weighted by atomic mass is 10.1. The van der Waals surface area contributed by atoms with Crippen LogP contribution in [0.1, 0.15) is 20.3 Å². The van der Waals surface area contributed by atoms with Crippen LogP contribution in [0, 0.1) is 5.92 Å². The van der Waals surface area contributed by atoms with E-state index >= 15 is 0 Å². The van der Waals surface area contributed by atoms with Gasteiger partial charge in [-0.3, -0.25) is 4.79 Å². The van der Waals surface area contributed by atoms with Gasteiger partial charge in [0.1, 0.15) is 0 Å². The third kappa shape index (κ3) is 4.36. The van der Waals surface area contributed by atoms with Crippen molar-refractivity contribution in [2.24, 2.45) is 11.7 Å². The second-order valence-electron chi connectivity index (χ2n) is 3.96. The van der Waals surface area contributed by atoms with Gasteiger partial charge < -0.3 is 15.4 Å². The van der Waals surface area contributed by atoms with Gasteiger partial charge >= 0.3 is 0 Å². The first-order valence-electron chi connectivity index (χ1n) is 5.25. The number of nitrogens with zero attached hydrogens (tertiary/aromatic N) is 1. The molecule has 1 heterocycles. The fraction of sp³-hybridized carbons (Fsp3) is 0.900. The van der Waals surface area contributed by atoms with E-state index in [1.165, 1.54) is 0 Å². The summed E-state index contributed by atoms with van der Waals surface area (Å²) in [7, 11) is 0. The second-order valence-corrected chi connectivity index (χ2v) is 3.96. The van der Waals surface area contributed by atoms with Gasteiger partial charge in [0.25, 0.3) is 0 Å². The Balaban J connectivity index is 0.00000196. The quantitative estimate of drug-likeness (QED) is 0.766. The maximum absolute atomic E-state index is 11.8. The normalized spacial score (nSPS) is 23.9. The van der Waals surface area contributed by atoms with Gasteiger partial charge in [-0.1, -0.05) is 6.92 Å². The van der Waals surface area contributed by atoms with E-state index in [1.807, 2.05) is 18.7 Å². The van der Waals surface area contributed by atoms with Gasteiger partial charge in [0.15, 0.2) is 0 Å². The molecule has 0 radical (unpaired) electrons. The molecule has 0 aromatic carbocycles. The van der Waals surface area contributed by atoms with Crippen LogP contribution < -0.4 is 5.73 Å². The Kier molecular flexibility index (Phi) is 6.89. The molecule has 1 amide bonds. The number of rotatable bonds is 2. The molecule has 1 saturated heterocycles. The summed E-state index contributed by atoms with van der Waals surface area (Å²) in [5.41, 5.74) is 5.47. The largest absolute Gasteiger partial charge is 0.377 e. The van der Waals surface area contributed by atoms with Crippen LogP contribution in [-0.4, -0.2) is 43.2 Å². The minimum absolute atomic E-state index is 0. The first-order valence-corrected chi connectivity index (χ1v) is 5.25. The first-order chi connectivity index (χ1) is 6.65. The van der Waals surface area contributed by atoms with Gasteiger partial charge in [0.05, 0.1) is 6.10 Å². The molecule has 0 saturated carbocycles. The summed E-state index contributed by atoms with van der Waals surface area (Å²) in [5.74, 6) is 0.0881. The minimum Gasteiger partial charge on any atom is -0.377 e. The Morgan fingerprint density at radius 1 is 1.67 bits per heavy atom. The zero-order chi connectivity index (χ0) is 10.6. The average Bonchev–Trinajstić information content (AvgIpc) is 2.40. The topological polar surface area (TPSA) is 55.6 Å². The summed E-state index contributed by atoms with van der Waals surface area (Å²) in [6, 6.07) is 0. The first kappa shape index (κ1) is 14.7. The lowest BCUT2D eigenvalue weighted by molar-refractivity contribution is -0.135. The molecular weight excluding hydrogens is 216 g/mol. The third-order valence-corrected chi connectivity index (χ3v) is 2.54. The molecule has 0 aromatic heterocycles. The third-order valence-electron chi connectivity index (χ3n) is 2.54. The Morgan fingerprint density at radius 2 is 2.33 bits per heavy atom. The average molecular weight is 237 g/mol. The van der Waals surface area contributed by atoms with Crippen molar-refractivity contribution < 1.29 is 9.53 Å². The maximum Gasteiger partial charge on any atom is 0.226 e. The molecule has 90 valence electrons. The highest BCUT2D eigenvalue weighted by molar-refractivity contribution is 5.85. The predicted octanol–water partition coefficient (Wildman–Crippen LogP) is 0.640. The SMILES string of the molecule is CC1CN(C(=O)C(C)CN)CCCO1.Cl. The molecule has 4 nitrogen and oxygen atoms in total. The predicted molar refractivity (Wildman–Crippen MR) is 62.1 cm³/mol. The zero-order valence-corrected chi connectivity index (χ0v) is 10.3. The summed E-state index contributed by atoms with van der Waals surface area (Å²) in [6.07, 6.45) is 1.07. The molecule has 0 spiro atoms. The summed E-state index contributed by atoms with van der Waals surface area (Å²) >= 11 is 0. The highest BCUT2D eigenvalue weighted by atomic mass is 35.5. The Bertz CT molecular complexity index is 202. The lowest BCUT2D eigenvalue weighted by Crippen LogP contribution is -2.41. The zero-order valence-electron chi connectivity index (χ0n) is 9.44. The van der Waals surface area contributed by atoms with E-state index in [4.69, 9.17) is 10.5 Å². The number of halogens is 1. The van der Waals surface area contributed by atoms with E-state index in [2.05, 4.69) is 0 Å². The number of hydrogen-bond acceptors (Lipinski definition) is 3. The van der Waals surface area contributed by atoms with Gasteiger partial charge in [-0.25, -0.2) is 0 Å². The van der Waals surface area contributed by atoms with Crippen molar-refractivity contribution in [2.75, 3.05) is 26.2 Å². The van der Waals surface area contributed by atoms with Crippen LogP contribution in [0.25, 0.3) is 0 Å². The van der Waals surface area contributed by atoms with Crippen LogP contribution in [0.4, 0.5) is 0 Å². The molecule has 2 N–H and O–H groups in total. The summed E-state index contributed by atoms with van der Waals surface area (Å²) in [4.78, 5) is 13.7. The summed E-state index contributed by atoms with van der Waals surface area (Å²) < 4.78 is 5.47. The van der Waals surface area contributed by atoms with Crippen LogP contribution in [-0.2, 0) is 9.53 Å². The van der Waals surface area contributed by atoms with E-state index in [9.17, 15) is 4.79 Å². The standard InChI is InChI=1S/C10H20N2O2.ClH/c1-8(6-11)10(13)12-4-3-5-14-9(2)7-12;/h8-9H,3-7,11H2,1-2H3;1H. The van der Waals surface area contributed by atoms with Crippen molar-refractivity contribution in [3.05, 3.63) is 0 Å². The molecule has 0 aliphatic carbocycles. The molecule has 1 aliphatic heterocycles. The van der Waals surface area contributed by atoms with Crippen molar-refractivity contribution in [3.63, 3.8) is 0 Å². The number of amides is 1. The molecule has 1 aliphatic rings. The molecule has 0 bridgehead atoms. The van der Waals surface area contributed by atoms with Gasteiger partial charge in [-0.05, 0) is 13.3 Å².